The number of alkyl halides is 1. The third-order valence-electron chi connectivity index (χ3n) is 1.90. The number of carbonyl (C=O) groups is 1. The van der Waals surface area contributed by atoms with E-state index in [1.54, 1.807) is 24.3 Å². The van der Waals surface area contributed by atoms with Crippen LogP contribution in [0.1, 0.15) is 0 Å². The van der Waals surface area contributed by atoms with Crippen molar-refractivity contribution in [1.29, 1.82) is 0 Å². The van der Waals surface area contributed by atoms with Crippen molar-refractivity contribution in [3.63, 3.8) is 0 Å². The number of nitrogens with one attached hydrogen (secondary N) is 1. The first-order valence-electron chi connectivity index (χ1n) is 4.65. The number of benzene rings is 1. The van der Waals surface area contributed by atoms with Gasteiger partial charge >= 0.3 is 6.01 Å². The van der Waals surface area contributed by atoms with Gasteiger partial charge in [0.15, 0.2) is 0 Å². The Balaban J connectivity index is 2.24. The summed E-state index contributed by atoms with van der Waals surface area (Å²) in [4.78, 5) is 11.0. The Morgan fingerprint density at radius 1 is 1.35 bits per heavy atom. The van der Waals surface area contributed by atoms with Gasteiger partial charge in [-0.25, -0.2) is 0 Å². The van der Waals surface area contributed by atoms with E-state index < -0.39 is 5.91 Å². The van der Waals surface area contributed by atoms with E-state index in [0.717, 1.165) is 0 Å². The Bertz CT molecular complexity index is 542. The molecule has 1 N–H and O–H groups in total. The van der Waals surface area contributed by atoms with Crippen LogP contribution in [0.2, 0.25) is 5.02 Å². The number of hydrogen-bond donors (Lipinski definition) is 1. The molecule has 0 atom stereocenters. The van der Waals surface area contributed by atoms with Gasteiger partial charge < -0.3 is 4.42 Å². The number of carbonyl (C=O) groups excluding carboxylic acids is 1. The third-order valence-corrected chi connectivity index (χ3v) is 2.47. The number of rotatable bonds is 3. The number of aromatic nitrogens is 2. The van der Waals surface area contributed by atoms with Crippen molar-refractivity contribution < 1.29 is 9.21 Å². The fourth-order valence-corrected chi connectivity index (χ4v) is 1.45. The molecule has 5 nitrogen and oxygen atoms in total. The molecule has 88 valence electrons. The molecule has 0 unspecified atom stereocenters. The van der Waals surface area contributed by atoms with Gasteiger partial charge in [0.25, 0.3) is 5.89 Å². The predicted octanol–water partition coefficient (Wildman–Crippen LogP) is 2.57. The number of amides is 1. The smallest absolute Gasteiger partial charge is 0.322 e. The number of hydrogen-bond acceptors (Lipinski definition) is 4. The molecule has 2 rings (SSSR count). The largest absolute Gasteiger partial charge is 0.403 e. The molecule has 7 heteroatoms. The normalized spacial score (nSPS) is 10.2. The summed E-state index contributed by atoms with van der Waals surface area (Å²) in [7, 11) is 0. The molecule has 0 bridgehead atoms. The molecule has 0 fully saturated rings. The Morgan fingerprint density at radius 2 is 2.12 bits per heavy atom. The molecule has 1 aromatic carbocycles. The maximum absolute atomic E-state index is 11.0. The van der Waals surface area contributed by atoms with Crippen LogP contribution >= 0.6 is 23.2 Å². The van der Waals surface area contributed by atoms with Crippen molar-refractivity contribution in [2.75, 3.05) is 11.2 Å². The van der Waals surface area contributed by atoms with Gasteiger partial charge in [-0.3, -0.25) is 10.1 Å². The zero-order valence-corrected chi connectivity index (χ0v) is 10.00. The van der Waals surface area contributed by atoms with Crippen LogP contribution in [0.3, 0.4) is 0 Å². The van der Waals surface area contributed by atoms with Crippen molar-refractivity contribution in [2.24, 2.45) is 0 Å². The first-order valence-corrected chi connectivity index (χ1v) is 5.56. The topological polar surface area (TPSA) is 68.0 Å². The summed E-state index contributed by atoms with van der Waals surface area (Å²) < 4.78 is 5.23. The molecule has 1 aromatic heterocycles. The highest BCUT2D eigenvalue weighted by atomic mass is 35.5. The first-order chi connectivity index (χ1) is 8.20. The van der Waals surface area contributed by atoms with Crippen molar-refractivity contribution >= 4 is 35.1 Å². The maximum Gasteiger partial charge on any atom is 0.322 e. The molecular formula is C10H7Cl2N3O2. The fraction of sp³-hybridized carbons (Fsp3) is 0.100. The second kappa shape index (κ2) is 5.16. The lowest BCUT2D eigenvalue weighted by Gasteiger charge is -1.97. The monoisotopic (exact) mass is 271 g/mol. The molecule has 1 heterocycles. The standard InChI is InChI=1S/C10H7Cl2N3O2/c11-5-8(16)13-10-15-14-9(17-10)6-3-1-2-4-7(6)12/h1-4H,5H2,(H,13,15,16). The summed E-state index contributed by atoms with van der Waals surface area (Å²) in [6.07, 6.45) is 0. The first kappa shape index (κ1) is 11.9. The highest BCUT2D eigenvalue weighted by Gasteiger charge is 2.12. The third kappa shape index (κ3) is 2.75. The summed E-state index contributed by atoms with van der Waals surface area (Å²) in [5.74, 6) is -0.356. The van der Waals surface area contributed by atoms with Gasteiger partial charge in [-0.2, -0.15) is 0 Å². The lowest BCUT2D eigenvalue weighted by molar-refractivity contribution is -0.114. The van der Waals surface area contributed by atoms with Crippen molar-refractivity contribution in [2.45, 2.75) is 0 Å². The van der Waals surface area contributed by atoms with Crippen LogP contribution < -0.4 is 5.32 Å². The predicted molar refractivity (Wildman–Crippen MR) is 64.1 cm³/mol. The molecule has 1 amide bonds. The zero-order valence-electron chi connectivity index (χ0n) is 8.48. The minimum Gasteiger partial charge on any atom is -0.403 e. The lowest BCUT2D eigenvalue weighted by Crippen LogP contribution is -2.12. The van der Waals surface area contributed by atoms with Crippen molar-refractivity contribution in [1.82, 2.24) is 10.2 Å². The van der Waals surface area contributed by atoms with Crippen LogP contribution in [0, 0.1) is 0 Å². The average molecular weight is 272 g/mol. The summed E-state index contributed by atoms with van der Waals surface area (Å²) >= 11 is 11.3. The van der Waals surface area contributed by atoms with E-state index in [1.807, 2.05) is 0 Å². The van der Waals surface area contributed by atoms with Crippen LogP contribution in [-0.2, 0) is 4.79 Å². The lowest BCUT2D eigenvalue weighted by atomic mass is 10.2. The molecule has 0 aliphatic carbocycles. The minimum atomic E-state index is -0.416. The fourth-order valence-electron chi connectivity index (χ4n) is 1.17. The van der Waals surface area contributed by atoms with E-state index in [4.69, 9.17) is 27.6 Å². The van der Waals surface area contributed by atoms with E-state index in [-0.39, 0.29) is 17.8 Å². The van der Waals surface area contributed by atoms with Crippen molar-refractivity contribution in [3.8, 4) is 11.5 Å². The molecule has 0 aliphatic heterocycles. The summed E-state index contributed by atoms with van der Waals surface area (Å²) in [5.41, 5.74) is 0.605. The molecule has 0 spiro atoms. The number of halogens is 2. The number of anilines is 1. The minimum absolute atomic E-state index is 0.00873. The second-order valence-corrected chi connectivity index (χ2v) is 3.75. The van der Waals surface area contributed by atoms with Crippen LogP contribution in [0.5, 0.6) is 0 Å². The maximum atomic E-state index is 11.0. The van der Waals surface area contributed by atoms with Crippen LogP contribution in [0.15, 0.2) is 28.7 Å². The number of nitrogens with zero attached hydrogens (tertiary/aromatic N) is 2. The quantitative estimate of drug-likeness (QED) is 0.872. The second-order valence-electron chi connectivity index (χ2n) is 3.07. The highest BCUT2D eigenvalue weighted by Crippen LogP contribution is 2.27. The molecule has 0 radical (unpaired) electrons. The van der Waals surface area contributed by atoms with E-state index in [0.29, 0.717) is 10.6 Å². The Morgan fingerprint density at radius 3 is 2.82 bits per heavy atom. The summed E-state index contributed by atoms with van der Waals surface area (Å²) in [6.45, 7) is 0. The summed E-state index contributed by atoms with van der Waals surface area (Å²) in [5, 5.41) is 10.3. The zero-order chi connectivity index (χ0) is 12.3. The van der Waals surface area contributed by atoms with E-state index in [9.17, 15) is 4.79 Å². The molecule has 0 aliphatic rings. The molecule has 0 saturated carbocycles. The molecule has 0 saturated heterocycles. The Kier molecular flexibility index (Phi) is 3.61. The van der Waals surface area contributed by atoms with E-state index >= 15 is 0 Å². The van der Waals surface area contributed by atoms with Gasteiger partial charge in [0.05, 0.1) is 10.6 Å². The average Bonchev–Trinajstić information content (AvgIpc) is 2.78. The molecular weight excluding hydrogens is 265 g/mol. The van der Waals surface area contributed by atoms with Gasteiger partial charge in [-0.15, -0.1) is 16.7 Å². The highest BCUT2D eigenvalue weighted by molar-refractivity contribution is 6.33. The van der Waals surface area contributed by atoms with Gasteiger partial charge in [0.2, 0.25) is 5.91 Å². The van der Waals surface area contributed by atoms with Gasteiger partial charge in [0.1, 0.15) is 5.88 Å². The summed E-state index contributed by atoms with van der Waals surface area (Å²) in [6, 6.07) is 7.02. The Labute approximate surface area is 107 Å². The van der Waals surface area contributed by atoms with Gasteiger partial charge in [-0.1, -0.05) is 28.8 Å². The van der Waals surface area contributed by atoms with Gasteiger partial charge in [0, 0.05) is 0 Å². The van der Waals surface area contributed by atoms with E-state index in [1.165, 1.54) is 0 Å². The SMILES string of the molecule is O=C(CCl)Nc1nnc(-c2ccccc2Cl)o1. The van der Waals surface area contributed by atoms with E-state index in [2.05, 4.69) is 15.5 Å². The Hall–Kier alpha value is -1.59. The molecule has 17 heavy (non-hydrogen) atoms. The van der Waals surface area contributed by atoms with Crippen LogP contribution in [0.25, 0.3) is 11.5 Å². The van der Waals surface area contributed by atoms with Gasteiger partial charge in [-0.05, 0) is 12.1 Å². The van der Waals surface area contributed by atoms with Crippen LogP contribution in [0.4, 0.5) is 6.01 Å². The van der Waals surface area contributed by atoms with Crippen molar-refractivity contribution in [3.05, 3.63) is 29.3 Å². The van der Waals surface area contributed by atoms with Crippen LogP contribution in [-0.4, -0.2) is 22.0 Å². The molecule has 2 aromatic rings.